The number of amides is 1. The number of unbranched alkanes of at least 4 members (excludes halogenated alkanes) is 43. The molecular formula is C60H117NO5. The lowest BCUT2D eigenvalue weighted by Gasteiger charge is -2.22. The summed E-state index contributed by atoms with van der Waals surface area (Å²) in [4.78, 5) is 24.5. The van der Waals surface area contributed by atoms with Crippen LogP contribution in [0.5, 0.6) is 0 Å². The number of hydrogen-bond acceptors (Lipinski definition) is 5. The van der Waals surface area contributed by atoms with Gasteiger partial charge in [0.15, 0.2) is 0 Å². The van der Waals surface area contributed by atoms with E-state index < -0.39 is 12.1 Å². The first-order valence-electron chi connectivity index (χ1n) is 29.9. The smallest absolute Gasteiger partial charge is 0.305 e. The van der Waals surface area contributed by atoms with E-state index in [1.54, 1.807) is 0 Å². The van der Waals surface area contributed by atoms with Gasteiger partial charge in [-0.25, -0.2) is 0 Å². The van der Waals surface area contributed by atoms with Crippen LogP contribution >= 0.6 is 0 Å². The highest BCUT2D eigenvalue weighted by Gasteiger charge is 2.20. The second kappa shape index (κ2) is 56.2. The van der Waals surface area contributed by atoms with Gasteiger partial charge in [0.05, 0.1) is 25.4 Å². The van der Waals surface area contributed by atoms with Crippen molar-refractivity contribution in [2.45, 2.75) is 347 Å². The summed E-state index contributed by atoms with van der Waals surface area (Å²) in [7, 11) is 0. The van der Waals surface area contributed by atoms with Gasteiger partial charge in [0.1, 0.15) is 0 Å². The number of nitrogens with one attached hydrogen (secondary N) is 1. The molecule has 0 aromatic rings. The Morgan fingerprint density at radius 2 is 0.712 bits per heavy atom. The minimum Gasteiger partial charge on any atom is -0.466 e. The van der Waals surface area contributed by atoms with Crippen molar-refractivity contribution in [3.63, 3.8) is 0 Å². The lowest BCUT2D eigenvalue weighted by Crippen LogP contribution is -2.45. The Morgan fingerprint density at radius 3 is 1.08 bits per heavy atom. The van der Waals surface area contributed by atoms with Crippen LogP contribution in [-0.2, 0) is 14.3 Å². The first kappa shape index (κ1) is 64.6. The van der Waals surface area contributed by atoms with Gasteiger partial charge in [0.25, 0.3) is 0 Å². The molecule has 3 N–H and O–H groups in total. The maximum Gasteiger partial charge on any atom is 0.305 e. The number of aliphatic hydroxyl groups excluding tert-OH is 2. The zero-order valence-electron chi connectivity index (χ0n) is 44.7. The van der Waals surface area contributed by atoms with E-state index in [1.165, 1.54) is 263 Å². The summed E-state index contributed by atoms with van der Waals surface area (Å²) < 4.78 is 5.49. The Bertz CT molecular complexity index is 986. The van der Waals surface area contributed by atoms with Crippen LogP contribution in [0, 0.1) is 0 Å². The van der Waals surface area contributed by atoms with E-state index in [0.717, 1.165) is 38.5 Å². The molecule has 0 aromatic carbocycles. The highest BCUT2D eigenvalue weighted by molar-refractivity contribution is 5.76. The summed E-state index contributed by atoms with van der Waals surface area (Å²) in [6, 6.07) is -0.545. The van der Waals surface area contributed by atoms with E-state index in [-0.39, 0.29) is 18.5 Å². The summed E-state index contributed by atoms with van der Waals surface area (Å²) in [6.45, 7) is 4.96. The van der Waals surface area contributed by atoms with Crippen LogP contribution in [0.1, 0.15) is 335 Å². The Hall–Kier alpha value is -1.40. The molecule has 0 aromatic heterocycles. The van der Waals surface area contributed by atoms with Crippen molar-refractivity contribution in [2.75, 3.05) is 13.2 Å². The minimum absolute atomic E-state index is 0.0111. The van der Waals surface area contributed by atoms with Crippen LogP contribution in [0.15, 0.2) is 12.2 Å². The fourth-order valence-electron chi connectivity index (χ4n) is 9.46. The van der Waals surface area contributed by atoms with Crippen molar-refractivity contribution in [3.8, 4) is 0 Å². The molecule has 2 unspecified atom stereocenters. The first-order valence-corrected chi connectivity index (χ1v) is 29.9. The Morgan fingerprint density at radius 1 is 0.409 bits per heavy atom. The number of allylic oxidation sites excluding steroid dienone is 2. The zero-order valence-corrected chi connectivity index (χ0v) is 44.7. The van der Waals surface area contributed by atoms with Gasteiger partial charge in [-0.05, 0) is 51.4 Å². The topological polar surface area (TPSA) is 95.9 Å². The molecular weight excluding hydrogens is 815 g/mol. The molecule has 6 nitrogen and oxygen atoms in total. The van der Waals surface area contributed by atoms with Gasteiger partial charge >= 0.3 is 5.97 Å². The Labute approximate surface area is 412 Å². The van der Waals surface area contributed by atoms with Crippen LogP contribution in [0.4, 0.5) is 0 Å². The number of rotatable bonds is 56. The average Bonchev–Trinajstić information content (AvgIpc) is 3.32. The van der Waals surface area contributed by atoms with Crippen molar-refractivity contribution in [3.05, 3.63) is 12.2 Å². The molecule has 0 heterocycles. The molecule has 6 heteroatoms. The molecule has 66 heavy (non-hydrogen) atoms. The van der Waals surface area contributed by atoms with Crippen LogP contribution < -0.4 is 5.32 Å². The lowest BCUT2D eigenvalue weighted by atomic mass is 10.0. The minimum atomic E-state index is -0.667. The Balaban J connectivity index is 3.38. The molecule has 0 aliphatic rings. The zero-order chi connectivity index (χ0) is 47.9. The van der Waals surface area contributed by atoms with Crippen molar-refractivity contribution in [1.29, 1.82) is 0 Å². The third-order valence-electron chi connectivity index (χ3n) is 14.1. The van der Waals surface area contributed by atoms with Gasteiger partial charge in [0, 0.05) is 12.8 Å². The second-order valence-corrected chi connectivity index (χ2v) is 20.7. The van der Waals surface area contributed by atoms with Gasteiger partial charge in [-0.2, -0.15) is 0 Å². The molecule has 0 saturated carbocycles. The van der Waals surface area contributed by atoms with Gasteiger partial charge in [-0.3, -0.25) is 9.59 Å². The molecule has 0 aliphatic carbocycles. The van der Waals surface area contributed by atoms with Gasteiger partial charge < -0.3 is 20.3 Å². The van der Waals surface area contributed by atoms with Gasteiger partial charge in [0.2, 0.25) is 5.91 Å². The van der Waals surface area contributed by atoms with E-state index in [4.69, 9.17) is 4.74 Å². The summed E-state index contributed by atoms with van der Waals surface area (Å²) in [5.74, 6) is -0.0323. The number of aliphatic hydroxyl groups is 2. The van der Waals surface area contributed by atoms with Crippen LogP contribution in [0.2, 0.25) is 0 Å². The summed E-state index contributed by atoms with van der Waals surface area (Å²) in [5.41, 5.74) is 0. The first-order chi connectivity index (χ1) is 32.5. The molecule has 0 saturated heterocycles. The SMILES string of the molecule is CCCCCCCCCCCCCCCCCCCCC(=O)OCCCCCCCCCCC/C=C\CCCCCCCCCC(=O)NC(CO)C(O)CCCCCCCCCCCCC. The van der Waals surface area contributed by atoms with Gasteiger partial charge in [-0.1, -0.05) is 283 Å². The summed E-state index contributed by atoms with van der Waals surface area (Å²) >= 11 is 0. The second-order valence-electron chi connectivity index (χ2n) is 20.7. The number of ether oxygens (including phenoxy) is 1. The maximum atomic E-state index is 12.4. The average molecular weight is 933 g/mol. The standard InChI is InChI=1S/C60H117NO5/c1-3-5-7-9-11-13-15-16-17-18-24-27-30-34-38-42-46-50-54-60(65)66-55-51-47-43-39-35-31-28-25-22-20-19-21-23-26-29-33-37-41-45-49-53-59(64)61-57(56-62)58(63)52-48-44-40-36-32-14-12-10-8-6-4-2/h19,21,57-58,62-63H,3-18,20,22-56H2,1-2H3,(H,61,64)/b21-19-. The third kappa shape index (κ3) is 52.0. The van der Waals surface area contributed by atoms with Crippen molar-refractivity contribution in [1.82, 2.24) is 5.32 Å². The van der Waals surface area contributed by atoms with Crippen molar-refractivity contribution < 1.29 is 24.5 Å². The summed E-state index contributed by atoms with van der Waals surface area (Å²) in [6.07, 6.45) is 66.4. The predicted octanol–water partition coefficient (Wildman–Crippen LogP) is 18.5. The molecule has 0 bridgehead atoms. The molecule has 0 spiro atoms. The Kier molecular flexibility index (Phi) is 55.0. The highest BCUT2D eigenvalue weighted by atomic mass is 16.5. The van der Waals surface area contributed by atoms with E-state index in [1.807, 2.05) is 0 Å². The predicted molar refractivity (Wildman–Crippen MR) is 287 cm³/mol. The van der Waals surface area contributed by atoms with E-state index in [0.29, 0.717) is 25.9 Å². The van der Waals surface area contributed by atoms with Crippen LogP contribution in [-0.4, -0.2) is 47.4 Å². The molecule has 0 radical (unpaired) electrons. The maximum absolute atomic E-state index is 12.4. The van der Waals surface area contributed by atoms with Crippen LogP contribution in [0.3, 0.4) is 0 Å². The highest BCUT2D eigenvalue weighted by Crippen LogP contribution is 2.17. The van der Waals surface area contributed by atoms with Crippen molar-refractivity contribution >= 4 is 11.9 Å². The molecule has 1 amide bonds. The number of carbonyl (C=O) groups is 2. The lowest BCUT2D eigenvalue weighted by molar-refractivity contribution is -0.143. The normalized spacial score (nSPS) is 12.6. The largest absolute Gasteiger partial charge is 0.466 e. The fourth-order valence-corrected chi connectivity index (χ4v) is 9.46. The van der Waals surface area contributed by atoms with Crippen molar-refractivity contribution in [2.24, 2.45) is 0 Å². The quantitative estimate of drug-likeness (QED) is 0.0321. The van der Waals surface area contributed by atoms with E-state index in [2.05, 4.69) is 31.3 Å². The fraction of sp³-hybridized carbons (Fsp3) is 0.933. The van der Waals surface area contributed by atoms with Gasteiger partial charge in [-0.15, -0.1) is 0 Å². The molecule has 0 rings (SSSR count). The molecule has 0 aliphatic heterocycles. The molecule has 392 valence electrons. The number of carbonyl (C=O) groups excluding carboxylic acids is 2. The van der Waals surface area contributed by atoms with E-state index in [9.17, 15) is 19.8 Å². The molecule has 2 atom stereocenters. The monoisotopic (exact) mass is 932 g/mol. The number of hydrogen-bond donors (Lipinski definition) is 3. The summed E-state index contributed by atoms with van der Waals surface area (Å²) in [5, 5.41) is 23.2. The molecule has 0 fully saturated rings. The van der Waals surface area contributed by atoms with E-state index >= 15 is 0 Å². The third-order valence-corrected chi connectivity index (χ3v) is 14.1. The van der Waals surface area contributed by atoms with Crippen LogP contribution in [0.25, 0.3) is 0 Å². The number of esters is 1.